The van der Waals surface area contributed by atoms with E-state index in [0.29, 0.717) is 16.7 Å². The number of rotatable bonds is 5. The van der Waals surface area contributed by atoms with E-state index in [-0.39, 0.29) is 41.0 Å². The van der Waals surface area contributed by atoms with Gasteiger partial charge in [-0.15, -0.1) is 0 Å². The highest BCUT2D eigenvalue weighted by atomic mass is 32.2. The molecule has 0 fully saturated rings. The quantitative estimate of drug-likeness (QED) is 0.296. The summed E-state index contributed by atoms with van der Waals surface area (Å²) < 4.78 is 71.1. The maximum absolute atomic E-state index is 14.8. The average Bonchev–Trinajstić information content (AvgIpc) is 2.75. The fourth-order valence-electron chi connectivity index (χ4n) is 3.48. The molecule has 0 saturated carbocycles. The van der Waals surface area contributed by atoms with Gasteiger partial charge < -0.3 is 14.2 Å². The molecule has 0 amide bonds. The number of hydrogen-bond acceptors (Lipinski definition) is 7. The number of thiocarbonyl (C=S) groups is 1. The Morgan fingerprint density at radius 2 is 2.06 bits per heavy atom. The van der Waals surface area contributed by atoms with Crippen LogP contribution >= 0.6 is 24.0 Å². The number of benzene rings is 1. The Morgan fingerprint density at radius 1 is 1.33 bits per heavy atom. The second-order valence-electron chi connectivity index (χ2n) is 7.27. The number of halogens is 4. The molecular weight excluding hydrogens is 482 g/mol. The summed E-state index contributed by atoms with van der Waals surface area (Å²) in [6.07, 6.45) is -7.01. The minimum atomic E-state index is -4.76. The maximum Gasteiger partial charge on any atom is 0.429 e. The van der Waals surface area contributed by atoms with Crippen LogP contribution in [0.15, 0.2) is 24.3 Å². The fraction of sp³-hybridized carbons (Fsp3) is 0.409. The van der Waals surface area contributed by atoms with Gasteiger partial charge in [0.15, 0.2) is 5.69 Å². The molecule has 0 aliphatic carbocycles. The second-order valence-corrected chi connectivity index (χ2v) is 8.68. The standard InChI is InChI=1S/C22H21F4NO4S2/c1-4-29-20(28)16-10-14(12-6-5-11(2)9-15(12)23)13-7-8-17(30-19(13)27-16)18(22(24,25)26)31-21(32)33-3/h5-6,9-10,17-18H,4,7-8H2,1-3H3. The molecule has 33 heavy (non-hydrogen) atoms. The van der Waals surface area contributed by atoms with Crippen molar-refractivity contribution < 1.29 is 36.6 Å². The third kappa shape index (κ3) is 5.75. The van der Waals surface area contributed by atoms with Crippen molar-refractivity contribution in [2.45, 2.75) is 45.1 Å². The number of aromatic nitrogens is 1. The number of carbonyl (C=O) groups excluding carboxylic acids is 1. The highest BCUT2D eigenvalue weighted by Crippen LogP contribution is 2.40. The minimum absolute atomic E-state index is 0.0609. The van der Waals surface area contributed by atoms with E-state index >= 15 is 0 Å². The summed E-state index contributed by atoms with van der Waals surface area (Å²) in [5.74, 6) is -1.53. The predicted molar refractivity (Wildman–Crippen MR) is 120 cm³/mol. The summed E-state index contributed by atoms with van der Waals surface area (Å²) in [7, 11) is 0. The average molecular weight is 504 g/mol. The molecular formula is C22H21F4NO4S2. The Morgan fingerprint density at radius 3 is 2.67 bits per heavy atom. The number of thioether (sulfide) groups is 1. The van der Waals surface area contributed by atoms with E-state index in [1.807, 2.05) is 0 Å². The van der Waals surface area contributed by atoms with Crippen LogP contribution in [0.2, 0.25) is 0 Å². The van der Waals surface area contributed by atoms with Crippen LogP contribution in [0.5, 0.6) is 5.88 Å². The Hall–Kier alpha value is -2.40. The SMILES string of the molecule is CCOC(=O)c1cc(-c2ccc(C)cc2F)c2c(n1)OC(C(OC(=S)SC)C(F)(F)F)CC2. The molecule has 2 unspecified atom stereocenters. The van der Waals surface area contributed by atoms with Gasteiger partial charge in [0.1, 0.15) is 11.9 Å². The van der Waals surface area contributed by atoms with Crippen LogP contribution in [0.3, 0.4) is 0 Å². The summed E-state index contributed by atoms with van der Waals surface area (Å²) >= 11 is 5.68. The van der Waals surface area contributed by atoms with Crippen molar-refractivity contribution in [1.29, 1.82) is 0 Å². The predicted octanol–water partition coefficient (Wildman–Crippen LogP) is 5.66. The van der Waals surface area contributed by atoms with E-state index in [1.54, 1.807) is 26.0 Å². The summed E-state index contributed by atoms with van der Waals surface area (Å²) in [5.41, 5.74) is 1.38. The largest absolute Gasteiger partial charge is 0.470 e. The molecule has 1 aromatic carbocycles. The van der Waals surface area contributed by atoms with Crippen molar-refractivity contribution in [3.8, 4) is 17.0 Å². The van der Waals surface area contributed by atoms with Crippen molar-refractivity contribution >= 4 is 34.3 Å². The van der Waals surface area contributed by atoms with E-state index in [0.717, 1.165) is 11.8 Å². The Bertz CT molecular complexity index is 1060. The highest BCUT2D eigenvalue weighted by molar-refractivity contribution is 8.22. The van der Waals surface area contributed by atoms with Gasteiger partial charge in [-0.3, -0.25) is 0 Å². The van der Waals surface area contributed by atoms with Gasteiger partial charge in [0.05, 0.1) is 6.61 Å². The summed E-state index contributed by atoms with van der Waals surface area (Å²) in [4.78, 5) is 16.5. The van der Waals surface area contributed by atoms with Gasteiger partial charge in [0, 0.05) is 11.1 Å². The lowest BCUT2D eigenvalue weighted by atomic mass is 9.92. The topological polar surface area (TPSA) is 57.7 Å². The molecule has 11 heteroatoms. The number of pyridine rings is 1. The van der Waals surface area contributed by atoms with Gasteiger partial charge in [-0.2, -0.15) is 13.2 Å². The lowest BCUT2D eigenvalue weighted by Crippen LogP contribution is -2.47. The van der Waals surface area contributed by atoms with Gasteiger partial charge in [-0.25, -0.2) is 14.2 Å². The number of nitrogens with zero attached hydrogens (tertiary/aromatic N) is 1. The van der Waals surface area contributed by atoms with Crippen LogP contribution in [-0.2, 0) is 15.9 Å². The molecule has 0 N–H and O–H groups in total. The third-order valence-electron chi connectivity index (χ3n) is 4.98. The molecule has 5 nitrogen and oxygen atoms in total. The van der Waals surface area contributed by atoms with Crippen molar-refractivity contribution in [2.24, 2.45) is 0 Å². The van der Waals surface area contributed by atoms with E-state index in [1.165, 1.54) is 18.4 Å². The maximum atomic E-state index is 14.8. The van der Waals surface area contributed by atoms with Crippen LogP contribution < -0.4 is 4.74 Å². The number of fused-ring (bicyclic) bond motifs is 1. The molecule has 2 atom stereocenters. The summed E-state index contributed by atoms with van der Waals surface area (Å²) in [6.45, 7) is 3.39. The monoisotopic (exact) mass is 503 g/mol. The number of alkyl halides is 3. The third-order valence-corrected chi connectivity index (χ3v) is 6.00. The van der Waals surface area contributed by atoms with Crippen LogP contribution in [0.1, 0.15) is 35.0 Å². The number of hydrogen-bond donors (Lipinski definition) is 0. The molecule has 1 aliphatic heterocycles. The second kappa shape index (κ2) is 10.3. The van der Waals surface area contributed by atoms with Crippen molar-refractivity contribution in [3.63, 3.8) is 0 Å². The number of ether oxygens (including phenoxy) is 3. The van der Waals surface area contributed by atoms with Crippen LogP contribution in [0.4, 0.5) is 17.6 Å². The van der Waals surface area contributed by atoms with E-state index in [9.17, 15) is 22.4 Å². The lowest BCUT2D eigenvalue weighted by Gasteiger charge is -2.33. The normalized spacial score (nSPS) is 16.4. The molecule has 1 aromatic heterocycles. The van der Waals surface area contributed by atoms with Crippen LogP contribution in [-0.4, -0.2) is 46.6 Å². The fourth-order valence-corrected chi connectivity index (χ4v) is 3.79. The van der Waals surface area contributed by atoms with Gasteiger partial charge >= 0.3 is 12.1 Å². The van der Waals surface area contributed by atoms with Crippen molar-refractivity contribution in [1.82, 2.24) is 4.98 Å². The first-order valence-electron chi connectivity index (χ1n) is 10.0. The van der Waals surface area contributed by atoms with Crippen LogP contribution in [0.25, 0.3) is 11.1 Å². The zero-order valence-corrected chi connectivity index (χ0v) is 19.6. The van der Waals surface area contributed by atoms with Crippen molar-refractivity contribution in [3.05, 3.63) is 46.9 Å². The Balaban J connectivity index is 2.08. The van der Waals surface area contributed by atoms with Crippen molar-refractivity contribution in [2.75, 3.05) is 12.9 Å². The first kappa shape index (κ1) is 25.2. The number of aryl methyl sites for hydroxylation is 1. The minimum Gasteiger partial charge on any atom is -0.470 e. The van der Waals surface area contributed by atoms with Crippen LogP contribution in [0, 0.1) is 12.7 Å². The number of esters is 1. The smallest absolute Gasteiger partial charge is 0.429 e. The van der Waals surface area contributed by atoms with Gasteiger partial charge in [0.25, 0.3) is 0 Å². The lowest BCUT2D eigenvalue weighted by molar-refractivity contribution is -0.221. The molecule has 0 spiro atoms. The van der Waals surface area contributed by atoms with Gasteiger partial charge in [-0.05, 0) is 68.4 Å². The molecule has 2 heterocycles. The zero-order chi connectivity index (χ0) is 24.3. The number of carbonyl (C=O) groups is 1. The molecule has 3 rings (SSSR count). The molecule has 0 bridgehead atoms. The molecule has 178 valence electrons. The zero-order valence-electron chi connectivity index (χ0n) is 18.0. The van der Waals surface area contributed by atoms with Gasteiger partial charge in [-0.1, -0.05) is 23.9 Å². The van der Waals surface area contributed by atoms with Gasteiger partial charge in [0.2, 0.25) is 16.4 Å². The first-order chi connectivity index (χ1) is 15.5. The van der Waals surface area contributed by atoms with E-state index < -0.39 is 30.2 Å². The summed E-state index contributed by atoms with van der Waals surface area (Å²) in [5, 5.41) is 0. The summed E-state index contributed by atoms with van der Waals surface area (Å²) in [6, 6.07) is 5.93. The molecule has 2 aromatic rings. The molecule has 0 radical (unpaired) electrons. The van der Waals surface area contributed by atoms with E-state index in [2.05, 4.69) is 4.98 Å². The molecule has 1 aliphatic rings. The first-order valence-corrected chi connectivity index (χ1v) is 11.6. The Kier molecular flexibility index (Phi) is 7.84. The molecule has 0 saturated heterocycles. The highest BCUT2D eigenvalue weighted by Gasteiger charge is 2.50. The Labute approximate surface area is 197 Å². The van der Waals surface area contributed by atoms with E-state index in [4.69, 9.17) is 26.4 Å².